The molecule has 0 bridgehead atoms. The van der Waals surface area contributed by atoms with Gasteiger partial charge in [0.2, 0.25) is 0 Å². The van der Waals surface area contributed by atoms with Gasteiger partial charge < -0.3 is 0 Å². The van der Waals surface area contributed by atoms with Crippen LogP contribution in [0.3, 0.4) is 0 Å². The average molecular weight is 491 g/mol. The molecule has 0 nitrogen and oxygen atoms in total. The highest BCUT2D eigenvalue weighted by Gasteiger charge is 2.33. The zero-order chi connectivity index (χ0) is 18.6. The van der Waals surface area contributed by atoms with Crippen molar-refractivity contribution in [1.82, 2.24) is 0 Å². The largest absolute Gasteiger partial charge is 0.0849 e. The van der Waals surface area contributed by atoms with Crippen LogP contribution in [0.2, 0.25) is 0 Å². The Morgan fingerprint density at radius 3 is 0.846 bits per heavy atom. The highest BCUT2D eigenvalue weighted by atomic mass is 32.2. The molecule has 0 saturated heterocycles. The first kappa shape index (κ1) is 20.5. The summed E-state index contributed by atoms with van der Waals surface area (Å²) in [7, 11) is 0. The van der Waals surface area contributed by atoms with E-state index >= 15 is 0 Å². The van der Waals surface area contributed by atoms with Crippen LogP contribution < -0.4 is 0 Å². The van der Waals surface area contributed by atoms with Crippen molar-refractivity contribution in [2.24, 2.45) is 0 Å². The molecule has 0 aromatic carbocycles. The SMILES string of the molecule is CC1=C(C)SC(=C2SC(C)=C(C3=C(C)SC(=C4SC(C)=C(C)S4)S3)S2)S1. The van der Waals surface area contributed by atoms with E-state index in [2.05, 4.69) is 41.5 Å². The Bertz CT molecular complexity index is 788. The fourth-order valence-corrected chi connectivity index (χ4v) is 13.6. The normalized spacial score (nSPS) is 24.7. The van der Waals surface area contributed by atoms with E-state index in [1.807, 2.05) is 94.1 Å². The summed E-state index contributed by atoms with van der Waals surface area (Å²) >= 11 is 15.7. The minimum absolute atomic E-state index is 1.45. The van der Waals surface area contributed by atoms with E-state index in [0.717, 1.165) is 0 Å². The molecule has 0 radical (unpaired) electrons. The van der Waals surface area contributed by atoms with Gasteiger partial charge in [0.05, 0.1) is 16.9 Å². The van der Waals surface area contributed by atoms with Gasteiger partial charge in [-0.05, 0) is 61.2 Å². The standard InChI is InChI=1S/C18H18S8/c1-7-8(2)20-15(19-7)17-23-11(5)13(25-17)14-12(6)24-18(26-14)16-21-9(3)10(4)22-16/h1-6H3. The Hall–Kier alpha value is 1.24. The molecule has 0 unspecified atom stereocenters. The smallest absolute Gasteiger partial charge is 0.0703 e. The molecule has 0 aromatic rings. The Morgan fingerprint density at radius 1 is 0.308 bits per heavy atom. The van der Waals surface area contributed by atoms with Gasteiger partial charge >= 0.3 is 0 Å². The lowest BCUT2D eigenvalue weighted by Gasteiger charge is -2.05. The molecule has 0 atom stereocenters. The minimum Gasteiger partial charge on any atom is -0.0849 e. The summed E-state index contributed by atoms with van der Waals surface area (Å²) in [6.45, 7) is 13.5. The minimum atomic E-state index is 1.45. The van der Waals surface area contributed by atoms with Crippen molar-refractivity contribution < 1.29 is 0 Å². The number of thioether (sulfide) groups is 8. The van der Waals surface area contributed by atoms with Gasteiger partial charge in [-0.1, -0.05) is 94.1 Å². The van der Waals surface area contributed by atoms with Crippen molar-refractivity contribution in [3.8, 4) is 0 Å². The average Bonchev–Trinajstić information content (AvgIpc) is 3.30. The van der Waals surface area contributed by atoms with E-state index in [0.29, 0.717) is 0 Å². The summed E-state index contributed by atoms with van der Waals surface area (Å²) in [5.74, 6) is 0. The van der Waals surface area contributed by atoms with E-state index in [-0.39, 0.29) is 0 Å². The fourth-order valence-electron chi connectivity index (χ4n) is 2.37. The lowest BCUT2D eigenvalue weighted by molar-refractivity contribution is 1.57. The van der Waals surface area contributed by atoms with Crippen molar-refractivity contribution >= 4 is 94.1 Å². The molecule has 0 aliphatic carbocycles. The van der Waals surface area contributed by atoms with E-state index < -0.39 is 0 Å². The van der Waals surface area contributed by atoms with Crippen molar-refractivity contribution in [3.05, 3.63) is 56.2 Å². The van der Waals surface area contributed by atoms with Gasteiger partial charge in [0.1, 0.15) is 0 Å². The van der Waals surface area contributed by atoms with Gasteiger partial charge in [-0.3, -0.25) is 0 Å². The Kier molecular flexibility index (Phi) is 6.44. The summed E-state index contributed by atoms with van der Waals surface area (Å²) in [4.78, 5) is 11.6. The Morgan fingerprint density at radius 2 is 0.538 bits per heavy atom. The molecule has 4 aliphatic heterocycles. The number of rotatable bonds is 1. The highest BCUT2D eigenvalue weighted by Crippen LogP contribution is 2.66. The van der Waals surface area contributed by atoms with Gasteiger partial charge in [0, 0.05) is 19.6 Å². The van der Waals surface area contributed by atoms with Crippen LogP contribution in [0.4, 0.5) is 0 Å². The number of hydrogen-bond acceptors (Lipinski definition) is 8. The third-order valence-corrected chi connectivity index (χ3v) is 15.7. The third kappa shape index (κ3) is 3.95. The zero-order valence-electron chi connectivity index (χ0n) is 15.3. The van der Waals surface area contributed by atoms with Gasteiger partial charge in [-0.2, -0.15) is 0 Å². The predicted octanol–water partition coefficient (Wildman–Crippen LogP) is 10.1. The molecular weight excluding hydrogens is 473 g/mol. The monoisotopic (exact) mass is 490 g/mol. The van der Waals surface area contributed by atoms with Crippen molar-refractivity contribution in [1.29, 1.82) is 0 Å². The first-order chi connectivity index (χ1) is 12.3. The molecule has 8 heteroatoms. The van der Waals surface area contributed by atoms with Crippen LogP contribution in [0.25, 0.3) is 0 Å². The predicted molar refractivity (Wildman–Crippen MR) is 137 cm³/mol. The van der Waals surface area contributed by atoms with E-state index in [4.69, 9.17) is 0 Å². The van der Waals surface area contributed by atoms with Crippen LogP contribution in [-0.4, -0.2) is 0 Å². The first-order valence-electron chi connectivity index (χ1n) is 8.02. The van der Waals surface area contributed by atoms with Crippen LogP contribution in [0.15, 0.2) is 56.2 Å². The molecule has 0 fully saturated rings. The van der Waals surface area contributed by atoms with E-state index in [9.17, 15) is 0 Å². The van der Waals surface area contributed by atoms with Crippen molar-refractivity contribution in [2.75, 3.05) is 0 Å². The second-order valence-corrected chi connectivity index (χ2v) is 16.4. The number of hydrogen-bond donors (Lipinski definition) is 0. The van der Waals surface area contributed by atoms with Crippen LogP contribution in [0.5, 0.6) is 0 Å². The summed E-state index contributed by atoms with van der Waals surface area (Å²) < 4.78 is 5.87. The molecule has 4 heterocycles. The second kappa shape index (κ2) is 8.17. The van der Waals surface area contributed by atoms with Crippen LogP contribution in [0, 0.1) is 0 Å². The van der Waals surface area contributed by atoms with Gasteiger partial charge in [-0.15, -0.1) is 0 Å². The lowest BCUT2D eigenvalue weighted by Crippen LogP contribution is -1.79. The van der Waals surface area contributed by atoms with Gasteiger partial charge in [0.25, 0.3) is 0 Å². The van der Waals surface area contributed by atoms with Crippen LogP contribution >= 0.6 is 94.1 Å². The van der Waals surface area contributed by atoms with Crippen LogP contribution in [0.1, 0.15) is 41.5 Å². The summed E-state index contributed by atoms with van der Waals surface area (Å²) in [6.07, 6.45) is 0. The van der Waals surface area contributed by atoms with E-state index in [1.54, 1.807) is 0 Å². The summed E-state index contributed by atoms with van der Waals surface area (Å²) in [5, 5.41) is 0. The lowest BCUT2D eigenvalue weighted by atomic mass is 10.4. The van der Waals surface area contributed by atoms with Crippen molar-refractivity contribution in [2.45, 2.75) is 41.5 Å². The Balaban J connectivity index is 1.54. The molecule has 0 N–H and O–H groups in total. The van der Waals surface area contributed by atoms with Gasteiger partial charge in [-0.25, -0.2) is 0 Å². The maximum absolute atomic E-state index is 2.28. The summed E-state index contributed by atoms with van der Waals surface area (Å²) in [6, 6.07) is 0. The second-order valence-electron chi connectivity index (χ2n) is 5.96. The molecule has 0 amide bonds. The maximum Gasteiger partial charge on any atom is 0.0703 e. The molecular formula is C18H18S8. The topological polar surface area (TPSA) is 0 Å². The van der Waals surface area contributed by atoms with Crippen LogP contribution in [-0.2, 0) is 0 Å². The number of allylic oxidation sites excluding steroid dienone is 6. The molecule has 4 aliphatic rings. The first-order valence-corrected chi connectivity index (χ1v) is 14.5. The molecule has 4 rings (SSSR count). The molecule has 138 valence electrons. The summed E-state index contributed by atoms with van der Waals surface area (Å²) in [5.41, 5.74) is 0. The fraction of sp³-hybridized carbons (Fsp3) is 0.333. The molecule has 0 spiro atoms. The Labute approximate surface area is 190 Å². The van der Waals surface area contributed by atoms with Crippen molar-refractivity contribution in [3.63, 3.8) is 0 Å². The molecule has 0 saturated carbocycles. The zero-order valence-corrected chi connectivity index (χ0v) is 21.8. The molecule has 0 aromatic heterocycles. The third-order valence-electron chi connectivity index (χ3n) is 4.03. The maximum atomic E-state index is 2.28. The van der Waals surface area contributed by atoms with Gasteiger partial charge in [0.15, 0.2) is 0 Å². The van der Waals surface area contributed by atoms with E-state index in [1.165, 1.54) is 56.2 Å². The molecule has 26 heavy (non-hydrogen) atoms. The highest BCUT2D eigenvalue weighted by molar-refractivity contribution is 8.36. The quantitative estimate of drug-likeness (QED) is 0.351.